The normalized spacial score (nSPS) is 12.2. The van der Waals surface area contributed by atoms with E-state index in [1.807, 2.05) is 6.26 Å². The fourth-order valence-corrected chi connectivity index (χ4v) is 2.99. The van der Waals surface area contributed by atoms with Gasteiger partial charge in [0.05, 0.1) is 15.9 Å². The second-order valence-corrected chi connectivity index (χ2v) is 6.28. The van der Waals surface area contributed by atoms with Crippen LogP contribution in [0.4, 0.5) is 0 Å². The zero-order chi connectivity index (χ0) is 13.3. The molecule has 0 bridgehead atoms. The molecule has 0 spiro atoms. The molecule has 2 rings (SSSR count). The van der Waals surface area contributed by atoms with Crippen LogP contribution >= 0.6 is 11.8 Å². The van der Waals surface area contributed by atoms with Gasteiger partial charge in [-0.1, -0.05) is 18.7 Å². The Bertz CT molecular complexity index is 677. The van der Waals surface area contributed by atoms with E-state index in [-0.39, 0.29) is 4.90 Å². The SMILES string of the molecule is CCCn1c(SC)nc2cc(S(N)(=O)=O)ccc21. The minimum Gasteiger partial charge on any atom is -0.319 e. The second-order valence-electron chi connectivity index (χ2n) is 3.95. The molecule has 0 amide bonds. The third kappa shape index (κ3) is 2.38. The van der Waals surface area contributed by atoms with Crippen LogP contribution in [0.25, 0.3) is 11.0 Å². The van der Waals surface area contributed by atoms with Crippen molar-refractivity contribution in [2.75, 3.05) is 6.26 Å². The highest BCUT2D eigenvalue weighted by atomic mass is 32.2. The van der Waals surface area contributed by atoms with Gasteiger partial charge < -0.3 is 4.57 Å². The van der Waals surface area contributed by atoms with Gasteiger partial charge in [-0.2, -0.15) is 0 Å². The zero-order valence-electron chi connectivity index (χ0n) is 10.3. The number of imidazole rings is 1. The molecule has 0 aliphatic carbocycles. The molecule has 0 aliphatic rings. The summed E-state index contributed by atoms with van der Waals surface area (Å²) in [6.45, 7) is 2.95. The molecule has 0 radical (unpaired) electrons. The summed E-state index contributed by atoms with van der Waals surface area (Å²) >= 11 is 1.55. The fraction of sp³-hybridized carbons (Fsp3) is 0.364. The maximum absolute atomic E-state index is 11.3. The van der Waals surface area contributed by atoms with Crippen molar-refractivity contribution in [2.24, 2.45) is 5.14 Å². The van der Waals surface area contributed by atoms with Crippen LogP contribution in [-0.4, -0.2) is 24.2 Å². The molecule has 0 fully saturated rings. The lowest BCUT2D eigenvalue weighted by Gasteiger charge is -2.05. The monoisotopic (exact) mass is 285 g/mol. The molecule has 1 aromatic heterocycles. The van der Waals surface area contributed by atoms with Gasteiger partial charge in [-0.25, -0.2) is 18.5 Å². The Morgan fingerprint density at radius 3 is 2.72 bits per heavy atom. The van der Waals surface area contributed by atoms with Crippen molar-refractivity contribution < 1.29 is 8.42 Å². The molecule has 5 nitrogen and oxygen atoms in total. The number of rotatable bonds is 4. The zero-order valence-corrected chi connectivity index (χ0v) is 11.9. The van der Waals surface area contributed by atoms with Crippen molar-refractivity contribution in [1.82, 2.24) is 9.55 Å². The Morgan fingerprint density at radius 1 is 1.44 bits per heavy atom. The minimum absolute atomic E-state index is 0.101. The van der Waals surface area contributed by atoms with Crippen molar-refractivity contribution in [2.45, 2.75) is 29.9 Å². The van der Waals surface area contributed by atoms with Crippen LogP contribution in [0.2, 0.25) is 0 Å². The molecule has 0 unspecified atom stereocenters. The summed E-state index contributed by atoms with van der Waals surface area (Å²) in [7, 11) is -3.67. The summed E-state index contributed by atoms with van der Waals surface area (Å²) in [5, 5.41) is 6.00. The second kappa shape index (κ2) is 4.91. The lowest BCUT2D eigenvalue weighted by Crippen LogP contribution is -2.11. The van der Waals surface area contributed by atoms with Gasteiger partial charge in [0.1, 0.15) is 0 Å². The van der Waals surface area contributed by atoms with E-state index in [4.69, 9.17) is 5.14 Å². The Morgan fingerprint density at radius 2 is 2.17 bits per heavy atom. The fourth-order valence-electron chi connectivity index (χ4n) is 1.86. The van der Waals surface area contributed by atoms with E-state index in [0.717, 1.165) is 23.6 Å². The first-order valence-electron chi connectivity index (χ1n) is 5.54. The molecule has 18 heavy (non-hydrogen) atoms. The Hall–Kier alpha value is -1.05. The summed E-state index contributed by atoms with van der Waals surface area (Å²) in [5.74, 6) is 0. The minimum atomic E-state index is -3.67. The number of nitrogens with two attached hydrogens (primary N) is 1. The van der Waals surface area contributed by atoms with Gasteiger partial charge >= 0.3 is 0 Å². The van der Waals surface area contributed by atoms with E-state index >= 15 is 0 Å². The largest absolute Gasteiger partial charge is 0.319 e. The van der Waals surface area contributed by atoms with Gasteiger partial charge in [-0.3, -0.25) is 0 Å². The number of benzene rings is 1. The standard InChI is InChI=1S/C11H15N3O2S2/c1-3-6-14-10-5-4-8(18(12,15)16)7-9(10)13-11(14)17-2/h4-5,7H,3,6H2,1-2H3,(H2,12,15,16). The first-order valence-corrected chi connectivity index (χ1v) is 8.31. The van der Waals surface area contributed by atoms with Crippen molar-refractivity contribution >= 4 is 32.8 Å². The van der Waals surface area contributed by atoms with Gasteiger partial charge in [-0.15, -0.1) is 0 Å². The highest BCUT2D eigenvalue weighted by Crippen LogP contribution is 2.24. The van der Waals surface area contributed by atoms with E-state index in [0.29, 0.717) is 5.52 Å². The number of aryl methyl sites for hydroxylation is 1. The van der Waals surface area contributed by atoms with Crippen LogP contribution < -0.4 is 5.14 Å². The summed E-state index contributed by atoms with van der Waals surface area (Å²) in [6.07, 6.45) is 2.95. The number of nitrogens with zero attached hydrogens (tertiary/aromatic N) is 2. The number of primary sulfonamides is 1. The topological polar surface area (TPSA) is 78.0 Å². The lowest BCUT2D eigenvalue weighted by molar-refractivity contribution is 0.598. The van der Waals surface area contributed by atoms with Crippen LogP contribution in [-0.2, 0) is 16.6 Å². The highest BCUT2D eigenvalue weighted by Gasteiger charge is 2.13. The van der Waals surface area contributed by atoms with E-state index in [9.17, 15) is 8.42 Å². The Labute approximate surface area is 110 Å². The highest BCUT2D eigenvalue weighted by molar-refractivity contribution is 7.98. The third-order valence-corrected chi connectivity index (χ3v) is 4.23. The summed E-state index contributed by atoms with van der Waals surface area (Å²) in [6, 6.07) is 4.81. The number of thioether (sulfide) groups is 1. The average molecular weight is 285 g/mol. The molecule has 0 aliphatic heterocycles. The maximum Gasteiger partial charge on any atom is 0.238 e. The smallest absolute Gasteiger partial charge is 0.238 e. The molecular weight excluding hydrogens is 270 g/mol. The van der Waals surface area contributed by atoms with Crippen molar-refractivity contribution in [3.8, 4) is 0 Å². The molecular formula is C11H15N3O2S2. The Balaban J connectivity index is 2.66. The number of aromatic nitrogens is 2. The first-order chi connectivity index (χ1) is 8.47. The molecule has 0 saturated carbocycles. The van der Waals surface area contributed by atoms with Gasteiger partial charge in [0.25, 0.3) is 0 Å². The van der Waals surface area contributed by atoms with Crippen LogP contribution in [0.1, 0.15) is 13.3 Å². The quantitative estimate of drug-likeness (QED) is 0.869. The van der Waals surface area contributed by atoms with Crippen LogP contribution in [0.3, 0.4) is 0 Å². The first kappa shape index (κ1) is 13.4. The van der Waals surface area contributed by atoms with Crippen molar-refractivity contribution in [1.29, 1.82) is 0 Å². The molecule has 1 aromatic carbocycles. The number of hydrogen-bond donors (Lipinski definition) is 1. The predicted octanol–water partition coefficient (Wildman–Crippen LogP) is 1.82. The van der Waals surface area contributed by atoms with Gasteiger partial charge in [0.2, 0.25) is 10.0 Å². The van der Waals surface area contributed by atoms with Crippen molar-refractivity contribution in [3.05, 3.63) is 18.2 Å². The van der Waals surface area contributed by atoms with Crippen molar-refractivity contribution in [3.63, 3.8) is 0 Å². The van der Waals surface area contributed by atoms with Gasteiger partial charge in [0.15, 0.2) is 5.16 Å². The lowest BCUT2D eigenvalue weighted by atomic mass is 10.3. The predicted molar refractivity (Wildman–Crippen MR) is 73.2 cm³/mol. The van der Waals surface area contributed by atoms with Gasteiger partial charge in [-0.05, 0) is 30.9 Å². The molecule has 0 saturated heterocycles. The Kier molecular flexibility index (Phi) is 3.65. The molecule has 2 N–H and O–H groups in total. The van der Waals surface area contributed by atoms with Crippen LogP contribution in [0.15, 0.2) is 28.3 Å². The molecule has 98 valence electrons. The summed E-state index contributed by atoms with van der Waals surface area (Å²) < 4.78 is 24.7. The average Bonchev–Trinajstić information content (AvgIpc) is 2.66. The van der Waals surface area contributed by atoms with Crippen LogP contribution in [0, 0.1) is 0 Å². The van der Waals surface area contributed by atoms with E-state index in [1.165, 1.54) is 12.1 Å². The summed E-state index contributed by atoms with van der Waals surface area (Å²) in [4.78, 5) is 4.53. The summed E-state index contributed by atoms with van der Waals surface area (Å²) in [5.41, 5.74) is 1.60. The van der Waals surface area contributed by atoms with E-state index in [1.54, 1.807) is 17.8 Å². The molecule has 2 aromatic rings. The van der Waals surface area contributed by atoms with E-state index in [2.05, 4.69) is 16.5 Å². The van der Waals surface area contributed by atoms with E-state index < -0.39 is 10.0 Å². The maximum atomic E-state index is 11.3. The van der Waals surface area contributed by atoms with Crippen LogP contribution in [0.5, 0.6) is 0 Å². The molecule has 0 atom stereocenters. The molecule has 1 heterocycles. The number of sulfonamides is 1. The molecule has 7 heteroatoms. The third-order valence-electron chi connectivity index (χ3n) is 2.64. The number of fused-ring (bicyclic) bond motifs is 1. The number of hydrogen-bond acceptors (Lipinski definition) is 4. The van der Waals surface area contributed by atoms with Gasteiger partial charge in [0, 0.05) is 6.54 Å².